The number of anilines is 2. The number of likely N-dealkylation sites (N-methyl/N-ethyl adjacent to an activating group) is 1. The molecule has 3 aromatic carbocycles. The predicted octanol–water partition coefficient (Wildman–Crippen LogP) is 4.13. The number of benzene rings is 3. The fourth-order valence-electron chi connectivity index (χ4n) is 5.05. The number of piperidine rings is 1. The maximum absolute atomic E-state index is 13.4. The Balaban J connectivity index is 1.38. The molecular weight excluding hydrogens is 398 g/mol. The van der Waals surface area contributed by atoms with Gasteiger partial charge in [-0.1, -0.05) is 48.5 Å². The van der Waals surface area contributed by atoms with Crippen molar-refractivity contribution in [2.75, 3.05) is 29.9 Å². The summed E-state index contributed by atoms with van der Waals surface area (Å²) in [6, 6.07) is 25.9. The predicted molar refractivity (Wildman–Crippen MR) is 127 cm³/mol. The first-order chi connectivity index (χ1) is 15.6. The molecule has 5 nitrogen and oxygen atoms in total. The van der Waals surface area contributed by atoms with E-state index in [-0.39, 0.29) is 11.8 Å². The monoisotopic (exact) mass is 425 g/mol. The lowest BCUT2D eigenvalue weighted by Crippen LogP contribution is -2.48. The summed E-state index contributed by atoms with van der Waals surface area (Å²) < 4.78 is 0. The molecule has 1 spiro atoms. The van der Waals surface area contributed by atoms with Crippen molar-refractivity contribution < 1.29 is 9.59 Å². The highest BCUT2D eigenvalue weighted by Gasteiger charge is 2.51. The van der Waals surface area contributed by atoms with Crippen molar-refractivity contribution >= 4 is 23.2 Å². The van der Waals surface area contributed by atoms with Crippen molar-refractivity contribution in [3.8, 4) is 0 Å². The third-order valence-corrected chi connectivity index (χ3v) is 6.88. The van der Waals surface area contributed by atoms with E-state index in [1.165, 1.54) is 5.69 Å². The molecule has 0 aromatic heterocycles. The average molecular weight is 426 g/mol. The van der Waals surface area contributed by atoms with E-state index in [0.717, 1.165) is 42.7 Å². The van der Waals surface area contributed by atoms with Gasteiger partial charge in [-0.3, -0.25) is 9.59 Å². The molecule has 1 N–H and O–H groups in total. The molecule has 2 heterocycles. The fourth-order valence-corrected chi connectivity index (χ4v) is 5.05. The molecular formula is C27H27N3O2. The molecule has 1 saturated heterocycles. The van der Waals surface area contributed by atoms with E-state index in [1.807, 2.05) is 73.8 Å². The van der Waals surface area contributed by atoms with Gasteiger partial charge in [0.05, 0.1) is 5.41 Å². The minimum atomic E-state index is -0.551. The number of amides is 2. The van der Waals surface area contributed by atoms with Gasteiger partial charge in [0.1, 0.15) is 0 Å². The molecule has 0 unspecified atom stereocenters. The van der Waals surface area contributed by atoms with Gasteiger partial charge in [-0.25, -0.2) is 0 Å². The maximum atomic E-state index is 13.4. The Kier molecular flexibility index (Phi) is 5.17. The topological polar surface area (TPSA) is 52.7 Å². The molecule has 0 radical (unpaired) electrons. The fraction of sp³-hybridized carbons (Fsp3) is 0.259. The molecule has 1 fully saturated rings. The van der Waals surface area contributed by atoms with Crippen LogP contribution in [-0.4, -0.2) is 32.0 Å². The Morgan fingerprint density at radius 2 is 1.59 bits per heavy atom. The van der Waals surface area contributed by atoms with Gasteiger partial charge in [0.2, 0.25) is 5.91 Å². The summed E-state index contributed by atoms with van der Waals surface area (Å²) in [5, 5.41) is 3.00. The average Bonchev–Trinajstić information content (AvgIpc) is 3.05. The molecule has 2 aliphatic rings. The smallest absolute Gasteiger partial charge is 0.251 e. The zero-order chi connectivity index (χ0) is 22.1. The first kappa shape index (κ1) is 20.3. The van der Waals surface area contributed by atoms with Crippen LogP contribution >= 0.6 is 0 Å². The molecule has 162 valence electrons. The Labute approximate surface area is 188 Å². The van der Waals surface area contributed by atoms with Crippen LogP contribution in [0.2, 0.25) is 0 Å². The zero-order valence-corrected chi connectivity index (χ0v) is 18.3. The van der Waals surface area contributed by atoms with Gasteiger partial charge < -0.3 is 15.1 Å². The molecule has 2 aliphatic heterocycles. The number of para-hydroxylation sites is 1. The van der Waals surface area contributed by atoms with Crippen LogP contribution in [0.15, 0.2) is 78.9 Å². The summed E-state index contributed by atoms with van der Waals surface area (Å²) in [6.07, 6.45) is 1.49. The van der Waals surface area contributed by atoms with Crippen LogP contribution in [0, 0.1) is 0 Å². The molecule has 32 heavy (non-hydrogen) atoms. The minimum Gasteiger partial charge on any atom is -0.371 e. The van der Waals surface area contributed by atoms with Gasteiger partial charge in [0, 0.05) is 43.6 Å². The molecule has 0 saturated carbocycles. The molecule has 5 heteroatoms. The van der Waals surface area contributed by atoms with Gasteiger partial charge in [0.25, 0.3) is 5.91 Å². The number of hydrogen-bond donors (Lipinski definition) is 1. The van der Waals surface area contributed by atoms with Gasteiger partial charge >= 0.3 is 0 Å². The van der Waals surface area contributed by atoms with Gasteiger partial charge in [-0.15, -0.1) is 0 Å². The number of nitrogens with one attached hydrogen (secondary N) is 1. The molecule has 0 aliphatic carbocycles. The lowest BCUT2D eigenvalue weighted by atomic mass is 9.73. The van der Waals surface area contributed by atoms with Crippen molar-refractivity contribution in [3.63, 3.8) is 0 Å². The Bertz CT molecular complexity index is 1140. The number of fused-ring (bicyclic) bond motifs is 2. The van der Waals surface area contributed by atoms with Crippen LogP contribution in [0.3, 0.4) is 0 Å². The van der Waals surface area contributed by atoms with Gasteiger partial charge in [-0.2, -0.15) is 0 Å². The number of hydrogen-bond acceptors (Lipinski definition) is 3. The highest BCUT2D eigenvalue weighted by atomic mass is 16.2. The second-order valence-electron chi connectivity index (χ2n) is 8.67. The number of carbonyl (C=O) groups is 2. The summed E-state index contributed by atoms with van der Waals surface area (Å²) in [4.78, 5) is 30.4. The maximum Gasteiger partial charge on any atom is 0.251 e. The number of carbonyl (C=O) groups excluding carboxylic acids is 2. The quantitative estimate of drug-likeness (QED) is 0.684. The molecule has 0 atom stereocenters. The largest absolute Gasteiger partial charge is 0.371 e. The van der Waals surface area contributed by atoms with E-state index in [9.17, 15) is 9.59 Å². The van der Waals surface area contributed by atoms with Crippen molar-refractivity contribution in [2.24, 2.45) is 0 Å². The van der Waals surface area contributed by atoms with Crippen molar-refractivity contribution in [2.45, 2.75) is 24.8 Å². The Morgan fingerprint density at radius 1 is 0.938 bits per heavy atom. The van der Waals surface area contributed by atoms with Crippen LogP contribution < -0.4 is 15.1 Å². The normalized spacial score (nSPS) is 16.8. The van der Waals surface area contributed by atoms with E-state index in [0.29, 0.717) is 12.1 Å². The summed E-state index contributed by atoms with van der Waals surface area (Å²) in [5.41, 5.74) is 4.21. The van der Waals surface area contributed by atoms with Crippen LogP contribution in [0.1, 0.15) is 34.3 Å². The van der Waals surface area contributed by atoms with E-state index in [1.54, 1.807) is 4.90 Å². The molecule has 3 aromatic rings. The Hall–Kier alpha value is -3.60. The zero-order valence-electron chi connectivity index (χ0n) is 18.3. The molecule has 5 rings (SSSR count). The highest BCUT2D eigenvalue weighted by Crippen LogP contribution is 2.48. The first-order valence-corrected chi connectivity index (χ1v) is 11.1. The summed E-state index contributed by atoms with van der Waals surface area (Å²) in [7, 11) is 1.84. The van der Waals surface area contributed by atoms with Crippen LogP contribution in [0.5, 0.6) is 0 Å². The van der Waals surface area contributed by atoms with Gasteiger partial charge in [-0.05, 0) is 54.3 Å². The van der Waals surface area contributed by atoms with Crippen molar-refractivity contribution in [1.29, 1.82) is 0 Å². The van der Waals surface area contributed by atoms with Crippen molar-refractivity contribution in [1.82, 2.24) is 5.32 Å². The van der Waals surface area contributed by atoms with Crippen LogP contribution in [0.25, 0.3) is 0 Å². The van der Waals surface area contributed by atoms with Crippen LogP contribution in [-0.2, 0) is 16.8 Å². The summed E-state index contributed by atoms with van der Waals surface area (Å²) in [5.74, 6) is 0.0255. The van der Waals surface area contributed by atoms with Crippen LogP contribution in [0.4, 0.5) is 11.4 Å². The SMILES string of the molecule is CN1C(=O)C2(CCN(c3ccccc3)CC2)c2cc(C(=O)NCc3ccccc3)ccc21. The van der Waals surface area contributed by atoms with E-state index < -0.39 is 5.41 Å². The van der Waals surface area contributed by atoms with E-state index >= 15 is 0 Å². The second kappa shape index (κ2) is 8.15. The standard InChI is InChI=1S/C27H27N3O2/c1-29-24-13-12-21(25(31)28-19-20-8-4-2-5-9-20)18-23(24)27(26(29)32)14-16-30(17-15-27)22-10-6-3-7-11-22/h2-13,18H,14-17,19H2,1H3,(H,28,31). The van der Waals surface area contributed by atoms with Gasteiger partial charge in [0.15, 0.2) is 0 Å². The van der Waals surface area contributed by atoms with Crippen molar-refractivity contribution in [3.05, 3.63) is 95.6 Å². The van der Waals surface area contributed by atoms with E-state index in [2.05, 4.69) is 22.3 Å². The molecule has 0 bridgehead atoms. The third kappa shape index (κ3) is 3.44. The summed E-state index contributed by atoms with van der Waals surface area (Å²) in [6.45, 7) is 2.10. The lowest BCUT2D eigenvalue weighted by Gasteiger charge is -2.39. The molecule has 2 amide bonds. The highest BCUT2D eigenvalue weighted by molar-refractivity contribution is 6.09. The summed E-state index contributed by atoms with van der Waals surface area (Å²) >= 11 is 0. The number of rotatable bonds is 4. The Morgan fingerprint density at radius 3 is 2.28 bits per heavy atom. The van der Waals surface area contributed by atoms with E-state index in [4.69, 9.17) is 0 Å². The number of nitrogens with zero attached hydrogens (tertiary/aromatic N) is 2. The lowest BCUT2D eigenvalue weighted by molar-refractivity contribution is -0.123. The second-order valence-corrected chi connectivity index (χ2v) is 8.67. The minimum absolute atomic E-state index is 0.115. The third-order valence-electron chi connectivity index (χ3n) is 6.88. The first-order valence-electron chi connectivity index (χ1n) is 11.1.